The largest absolute Gasteiger partial charge is 0.492 e. The van der Waals surface area contributed by atoms with Gasteiger partial charge >= 0.3 is 5.97 Å². The van der Waals surface area contributed by atoms with Gasteiger partial charge in [0.05, 0.1) is 12.2 Å². The van der Waals surface area contributed by atoms with E-state index in [-0.39, 0.29) is 0 Å². The van der Waals surface area contributed by atoms with Crippen molar-refractivity contribution >= 4 is 23.2 Å². The zero-order valence-corrected chi connectivity index (χ0v) is 16.5. The Labute approximate surface area is 163 Å². The van der Waals surface area contributed by atoms with Gasteiger partial charge in [-0.1, -0.05) is 12.1 Å². The van der Waals surface area contributed by atoms with Crippen molar-refractivity contribution in [3.05, 3.63) is 51.2 Å². The van der Waals surface area contributed by atoms with Crippen LogP contribution in [0, 0.1) is 0 Å². The summed E-state index contributed by atoms with van der Waals surface area (Å²) in [7, 11) is 0. The Kier molecular flexibility index (Phi) is 5.85. The first kappa shape index (κ1) is 19.4. The molecule has 0 spiro atoms. The highest BCUT2D eigenvalue weighted by Crippen LogP contribution is 2.33. The molecule has 1 aliphatic carbocycles. The number of rotatable bonds is 7. The Hall–Kier alpha value is -2.34. The molecule has 1 amide bonds. The molecule has 1 heterocycles. The van der Waals surface area contributed by atoms with E-state index in [1.807, 2.05) is 17.5 Å². The summed E-state index contributed by atoms with van der Waals surface area (Å²) >= 11 is 1.68. The summed E-state index contributed by atoms with van der Waals surface area (Å²) in [6, 6.07) is 7.82. The molecule has 1 aromatic heterocycles. The van der Waals surface area contributed by atoms with Crippen LogP contribution in [0.4, 0.5) is 0 Å². The molecule has 1 aliphatic rings. The monoisotopic (exact) mass is 387 g/mol. The molecule has 0 aliphatic heterocycles. The molecule has 5 nitrogen and oxygen atoms in total. The number of hydrogen-bond donors (Lipinski definition) is 2. The number of carboxylic acid groups (broad SMARTS) is 1. The van der Waals surface area contributed by atoms with E-state index >= 15 is 0 Å². The fraction of sp³-hybridized carbons (Fsp3) is 0.429. The minimum atomic E-state index is -1.35. The number of aliphatic carboxylic acids is 1. The maximum absolute atomic E-state index is 12.8. The lowest BCUT2D eigenvalue weighted by atomic mass is 9.89. The van der Waals surface area contributed by atoms with Gasteiger partial charge in [0, 0.05) is 11.3 Å². The van der Waals surface area contributed by atoms with Gasteiger partial charge in [0.2, 0.25) is 0 Å². The summed E-state index contributed by atoms with van der Waals surface area (Å²) in [5.74, 6) is -0.877. The summed E-state index contributed by atoms with van der Waals surface area (Å²) < 4.78 is 6.10. The van der Waals surface area contributed by atoms with Crippen LogP contribution in [0.3, 0.4) is 0 Å². The Morgan fingerprint density at radius 1 is 1.22 bits per heavy atom. The number of benzene rings is 1. The highest BCUT2D eigenvalue weighted by molar-refractivity contribution is 7.09. The smallest absolute Gasteiger partial charge is 0.328 e. The first-order chi connectivity index (χ1) is 12.9. The normalized spacial score (nSPS) is 13.7. The van der Waals surface area contributed by atoms with Crippen LogP contribution in [0.1, 0.15) is 53.1 Å². The van der Waals surface area contributed by atoms with E-state index in [0.717, 1.165) is 37.7 Å². The van der Waals surface area contributed by atoms with E-state index in [0.29, 0.717) is 17.9 Å². The number of nitrogens with one attached hydrogen (secondary N) is 1. The SMILES string of the molecule is CC(C)(NC(=O)c1ccc2c(c1OCCc1cccs1)CCCC2)C(=O)O. The minimum absolute atomic E-state index is 0.413. The van der Waals surface area contributed by atoms with E-state index < -0.39 is 17.4 Å². The van der Waals surface area contributed by atoms with Crippen molar-refractivity contribution in [3.8, 4) is 5.75 Å². The van der Waals surface area contributed by atoms with Crippen molar-refractivity contribution < 1.29 is 19.4 Å². The van der Waals surface area contributed by atoms with E-state index in [4.69, 9.17) is 4.74 Å². The van der Waals surface area contributed by atoms with Crippen molar-refractivity contribution in [2.75, 3.05) is 6.61 Å². The average Bonchev–Trinajstić information content (AvgIpc) is 3.14. The summed E-state index contributed by atoms with van der Waals surface area (Å²) in [5.41, 5.74) is 1.38. The van der Waals surface area contributed by atoms with Crippen LogP contribution >= 0.6 is 11.3 Å². The maximum Gasteiger partial charge on any atom is 0.328 e. The standard InChI is InChI=1S/C21H25NO4S/c1-21(2,20(24)25)22-19(23)17-10-9-14-6-3-4-8-16(14)18(17)26-12-11-15-7-5-13-27-15/h5,7,9-10,13H,3-4,6,8,11-12H2,1-2H3,(H,22,23)(H,24,25). The van der Waals surface area contributed by atoms with Crippen molar-refractivity contribution in [2.45, 2.75) is 51.5 Å². The van der Waals surface area contributed by atoms with Crippen LogP contribution in [0.5, 0.6) is 5.75 Å². The third-order valence-electron chi connectivity index (χ3n) is 4.86. The topological polar surface area (TPSA) is 75.6 Å². The molecule has 0 bridgehead atoms. The van der Waals surface area contributed by atoms with Gasteiger partial charge in [-0.3, -0.25) is 4.79 Å². The van der Waals surface area contributed by atoms with Gasteiger partial charge in [0.25, 0.3) is 5.91 Å². The first-order valence-corrected chi connectivity index (χ1v) is 10.1. The zero-order chi connectivity index (χ0) is 19.4. The highest BCUT2D eigenvalue weighted by Gasteiger charge is 2.31. The molecular formula is C21H25NO4S. The summed E-state index contributed by atoms with van der Waals surface area (Å²) in [5, 5.41) is 13.9. The molecule has 6 heteroatoms. The van der Waals surface area contributed by atoms with Gasteiger partial charge in [-0.2, -0.15) is 0 Å². The number of carbonyl (C=O) groups is 2. The zero-order valence-electron chi connectivity index (χ0n) is 15.7. The molecule has 2 aromatic rings. The van der Waals surface area contributed by atoms with E-state index in [1.54, 1.807) is 17.4 Å². The minimum Gasteiger partial charge on any atom is -0.492 e. The maximum atomic E-state index is 12.8. The molecule has 0 atom stereocenters. The molecule has 1 aromatic carbocycles. The summed E-state index contributed by atoms with van der Waals surface area (Å²) in [6.07, 6.45) is 4.86. The van der Waals surface area contributed by atoms with Gasteiger partial charge in [-0.05, 0) is 68.2 Å². The van der Waals surface area contributed by atoms with Crippen molar-refractivity contribution in [2.24, 2.45) is 0 Å². The molecule has 144 valence electrons. The van der Waals surface area contributed by atoms with Gasteiger partial charge in [-0.25, -0.2) is 4.79 Å². The molecule has 0 unspecified atom stereocenters. The highest BCUT2D eigenvalue weighted by atomic mass is 32.1. The van der Waals surface area contributed by atoms with E-state index in [9.17, 15) is 14.7 Å². The van der Waals surface area contributed by atoms with Crippen molar-refractivity contribution in [3.63, 3.8) is 0 Å². The second-order valence-electron chi connectivity index (χ2n) is 7.35. The van der Waals surface area contributed by atoms with Crippen LogP contribution in [-0.4, -0.2) is 29.1 Å². The van der Waals surface area contributed by atoms with Crippen LogP contribution < -0.4 is 10.1 Å². The number of fused-ring (bicyclic) bond motifs is 1. The molecule has 0 fully saturated rings. The number of carbonyl (C=O) groups excluding carboxylic acids is 1. The average molecular weight is 388 g/mol. The third-order valence-corrected chi connectivity index (χ3v) is 5.80. The van der Waals surface area contributed by atoms with Crippen molar-refractivity contribution in [1.29, 1.82) is 0 Å². The van der Waals surface area contributed by atoms with Gasteiger partial charge in [0.15, 0.2) is 0 Å². The Bertz CT molecular complexity index is 827. The Balaban J connectivity index is 1.85. The molecule has 2 N–H and O–H groups in total. The lowest BCUT2D eigenvalue weighted by Crippen LogP contribution is -2.49. The number of thiophene rings is 1. The Morgan fingerprint density at radius 2 is 2.00 bits per heavy atom. The van der Waals surface area contributed by atoms with Gasteiger partial charge < -0.3 is 15.2 Å². The molecular weight excluding hydrogens is 362 g/mol. The van der Waals surface area contributed by atoms with Crippen LogP contribution in [0.15, 0.2) is 29.6 Å². The molecule has 0 radical (unpaired) electrons. The number of amides is 1. The second kappa shape index (κ2) is 8.13. The van der Waals surface area contributed by atoms with Gasteiger partial charge in [0.1, 0.15) is 11.3 Å². The lowest BCUT2D eigenvalue weighted by Gasteiger charge is -2.25. The predicted octanol–water partition coefficient (Wildman–Crippen LogP) is 3.84. The number of ether oxygens (including phenoxy) is 1. The Morgan fingerprint density at radius 3 is 2.70 bits per heavy atom. The van der Waals surface area contributed by atoms with Gasteiger partial charge in [-0.15, -0.1) is 11.3 Å². The fourth-order valence-electron chi connectivity index (χ4n) is 3.25. The molecule has 27 heavy (non-hydrogen) atoms. The van der Waals surface area contributed by atoms with Crippen LogP contribution in [-0.2, 0) is 24.1 Å². The molecule has 3 rings (SSSR count). The van der Waals surface area contributed by atoms with E-state index in [1.165, 1.54) is 24.3 Å². The fourth-order valence-corrected chi connectivity index (χ4v) is 3.94. The van der Waals surface area contributed by atoms with E-state index in [2.05, 4.69) is 11.4 Å². The first-order valence-electron chi connectivity index (χ1n) is 9.24. The lowest BCUT2D eigenvalue weighted by molar-refractivity contribution is -0.143. The number of carboxylic acids is 1. The van der Waals surface area contributed by atoms with Crippen LogP contribution in [0.2, 0.25) is 0 Å². The quantitative estimate of drug-likeness (QED) is 0.757. The summed E-state index contributed by atoms with van der Waals surface area (Å²) in [4.78, 5) is 25.4. The predicted molar refractivity (Wildman–Crippen MR) is 106 cm³/mol. The summed E-state index contributed by atoms with van der Waals surface area (Å²) in [6.45, 7) is 3.44. The van der Waals surface area contributed by atoms with Crippen LogP contribution in [0.25, 0.3) is 0 Å². The number of hydrogen-bond acceptors (Lipinski definition) is 4. The third kappa shape index (κ3) is 4.50. The molecule has 0 saturated carbocycles. The number of aryl methyl sites for hydroxylation is 1. The molecule has 0 saturated heterocycles. The van der Waals surface area contributed by atoms with Crippen molar-refractivity contribution in [1.82, 2.24) is 5.32 Å². The second-order valence-corrected chi connectivity index (χ2v) is 8.38.